The zero-order valence-corrected chi connectivity index (χ0v) is 19.0. The topological polar surface area (TPSA) is 106 Å². The molecule has 31 heavy (non-hydrogen) atoms. The van der Waals surface area contributed by atoms with E-state index in [1.165, 1.54) is 39.9 Å². The van der Waals surface area contributed by atoms with Crippen LogP contribution in [0.3, 0.4) is 0 Å². The SMILES string of the molecule is CCN(CC)S(=O)(=O)c1cccc(C(=O)OCC(=O)Nc2nc3ccc(C)cc3s2)c1. The van der Waals surface area contributed by atoms with Crippen LogP contribution in [0.2, 0.25) is 0 Å². The summed E-state index contributed by atoms with van der Waals surface area (Å²) in [5.74, 6) is -1.32. The third-order valence-electron chi connectivity index (χ3n) is 4.54. The Morgan fingerprint density at radius 3 is 2.58 bits per heavy atom. The van der Waals surface area contributed by atoms with Crippen LogP contribution in [0, 0.1) is 6.92 Å². The summed E-state index contributed by atoms with van der Waals surface area (Å²) in [6.45, 7) is 5.58. The fourth-order valence-corrected chi connectivity index (χ4v) is 5.44. The fourth-order valence-electron chi connectivity index (χ4n) is 2.95. The highest BCUT2D eigenvalue weighted by Gasteiger charge is 2.23. The number of sulfonamides is 1. The molecule has 0 spiro atoms. The van der Waals surface area contributed by atoms with Crippen molar-refractivity contribution in [3.05, 3.63) is 53.6 Å². The van der Waals surface area contributed by atoms with Crippen LogP contribution in [-0.4, -0.2) is 49.3 Å². The summed E-state index contributed by atoms with van der Waals surface area (Å²) < 4.78 is 32.6. The molecule has 0 saturated carbocycles. The number of hydrogen-bond donors (Lipinski definition) is 1. The lowest BCUT2D eigenvalue weighted by molar-refractivity contribution is -0.119. The van der Waals surface area contributed by atoms with Crippen LogP contribution in [0.25, 0.3) is 10.2 Å². The minimum absolute atomic E-state index is 0.000120. The van der Waals surface area contributed by atoms with Crippen LogP contribution < -0.4 is 5.32 Å². The van der Waals surface area contributed by atoms with Gasteiger partial charge in [0.05, 0.1) is 20.7 Å². The largest absolute Gasteiger partial charge is 0.452 e. The van der Waals surface area contributed by atoms with E-state index in [0.29, 0.717) is 18.2 Å². The highest BCUT2D eigenvalue weighted by atomic mass is 32.2. The lowest BCUT2D eigenvalue weighted by Crippen LogP contribution is -2.30. The van der Waals surface area contributed by atoms with Crippen molar-refractivity contribution in [3.63, 3.8) is 0 Å². The van der Waals surface area contributed by atoms with Crippen LogP contribution >= 0.6 is 11.3 Å². The Balaban J connectivity index is 1.64. The fraction of sp³-hybridized carbons (Fsp3) is 0.286. The van der Waals surface area contributed by atoms with Gasteiger partial charge in [0.25, 0.3) is 5.91 Å². The molecule has 0 radical (unpaired) electrons. The Labute approximate surface area is 184 Å². The van der Waals surface area contributed by atoms with Crippen LogP contribution in [-0.2, 0) is 19.6 Å². The number of nitrogens with zero attached hydrogens (tertiary/aromatic N) is 2. The van der Waals surface area contributed by atoms with Crippen molar-refractivity contribution in [1.29, 1.82) is 0 Å². The van der Waals surface area contributed by atoms with Crippen molar-refractivity contribution in [1.82, 2.24) is 9.29 Å². The van der Waals surface area contributed by atoms with Gasteiger partial charge in [0.1, 0.15) is 0 Å². The van der Waals surface area contributed by atoms with E-state index in [0.717, 1.165) is 15.8 Å². The molecule has 0 aliphatic carbocycles. The summed E-state index contributed by atoms with van der Waals surface area (Å²) in [4.78, 5) is 28.8. The average molecular weight is 462 g/mol. The molecule has 164 valence electrons. The highest BCUT2D eigenvalue weighted by Crippen LogP contribution is 2.26. The number of aromatic nitrogens is 1. The molecule has 2 aromatic carbocycles. The van der Waals surface area contributed by atoms with E-state index < -0.39 is 28.5 Å². The lowest BCUT2D eigenvalue weighted by atomic mass is 10.2. The van der Waals surface area contributed by atoms with Crippen molar-refractivity contribution >= 4 is 48.6 Å². The van der Waals surface area contributed by atoms with Gasteiger partial charge in [-0.05, 0) is 42.8 Å². The predicted molar refractivity (Wildman–Crippen MR) is 120 cm³/mol. The Morgan fingerprint density at radius 2 is 1.87 bits per heavy atom. The quantitative estimate of drug-likeness (QED) is 0.515. The maximum absolute atomic E-state index is 12.6. The minimum atomic E-state index is -3.71. The van der Waals surface area contributed by atoms with Gasteiger partial charge in [-0.3, -0.25) is 10.1 Å². The summed E-state index contributed by atoms with van der Waals surface area (Å²) in [7, 11) is -3.71. The summed E-state index contributed by atoms with van der Waals surface area (Å²) in [6, 6.07) is 11.4. The molecule has 0 aliphatic heterocycles. The number of amides is 1. The molecular formula is C21H23N3O5S2. The van der Waals surface area contributed by atoms with Crippen LogP contribution in [0.5, 0.6) is 0 Å². The standard InChI is InChI=1S/C21H23N3O5S2/c1-4-24(5-2)31(27,28)16-8-6-7-15(12-16)20(26)29-13-19(25)23-21-22-17-10-9-14(3)11-18(17)30-21/h6-12H,4-5,13H2,1-3H3,(H,22,23,25). The lowest BCUT2D eigenvalue weighted by Gasteiger charge is -2.18. The second-order valence-electron chi connectivity index (χ2n) is 6.73. The predicted octanol–water partition coefficient (Wildman–Crippen LogP) is 3.43. The number of nitrogens with one attached hydrogen (secondary N) is 1. The molecule has 1 amide bonds. The van der Waals surface area contributed by atoms with Gasteiger partial charge in [-0.2, -0.15) is 4.31 Å². The highest BCUT2D eigenvalue weighted by molar-refractivity contribution is 7.89. The van der Waals surface area contributed by atoms with Gasteiger partial charge in [0.2, 0.25) is 10.0 Å². The van der Waals surface area contributed by atoms with Gasteiger partial charge in [-0.15, -0.1) is 0 Å². The maximum Gasteiger partial charge on any atom is 0.338 e. The van der Waals surface area contributed by atoms with Gasteiger partial charge >= 0.3 is 5.97 Å². The first-order chi connectivity index (χ1) is 14.7. The van der Waals surface area contributed by atoms with E-state index >= 15 is 0 Å². The molecule has 3 aromatic rings. The van der Waals surface area contributed by atoms with Gasteiger partial charge < -0.3 is 4.74 Å². The number of ether oxygens (including phenoxy) is 1. The number of rotatable bonds is 8. The number of aryl methyl sites for hydroxylation is 1. The number of carbonyl (C=O) groups excluding carboxylic acids is 2. The van der Waals surface area contributed by atoms with Gasteiger partial charge in [0.15, 0.2) is 11.7 Å². The number of fused-ring (bicyclic) bond motifs is 1. The van der Waals surface area contributed by atoms with Crippen molar-refractivity contribution in [2.75, 3.05) is 25.0 Å². The molecule has 0 bridgehead atoms. The average Bonchev–Trinajstić information content (AvgIpc) is 3.14. The number of thiazole rings is 1. The second-order valence-corrected chi connectivity index (χ2v) is 9.70. The monoisotopic (exact) mass is 461 g/mol. The Kier molecular flexibility index (Phi) is 7.04. The first-order valence-electron chi connectivity index (χ1n) is 9.69. The summed E-state index contributed by atoms with van der Waals surface area (Å²) in [6.07, 6.45) is 0. The Hall–Kier alpha value is -2.82. The van der Waals surface area contributed by atoms with Crippen molar-refractivity contribution < 1.29 is 22.7 Å². The number of esters is 1. The zero-order valence-electron chi connectivity index (χ0n) is 17.4. The van der Waals surface area contributed by atoms with Crippen LogP contribution in [0.1, 0.15) is 29.8 Å². The van der Waals surface area contributed by atoms with Crippen molar-refractivity contribution in [3.8, 4) is 0 Å². The number of hydrogen-bond acceptors (Lipinski definition) is 7. The van der Waals surface area contributed by atoms with Crippen molar-refractivity contribution in [2.24, 2.45) is 0 Å². The van der Waals surface area contributed by atoms with Gasteiger partial charge in [0, 0.05) is 13.1 Å². The zero-order chi connectivity index (χ0) is 22.6. The van der Waals surface area contributed by atoms with E-state index in [1.807, 2.05) is 25.1 Å². The molecule has 0 atom stereocenters. The summed E-state index contributed by atoms with van der Waals surface area (Å²) in [5.41, 5.74) is 1.92. The van der Waals surface area contributed by atoms with Crippen LogP contribution in [0.15, 0.2) is 47.4 Å². The minimum Gasteiger partial charge on any atom is -0.452 e. The third kappa shape index (κ3) is 5.27. The molecule has 3 rings (SSSR count). The molecule has 8 nitrogen and oxygen atoms in total. The van der Waals surface area contributed by atoms with Gasteiger partial charge in [-0.25, -0.2) is 18.2 Å². The van der Waals surface area contributed by atoms with E-state index in [-0.39, 0.29) is 10.5 Å². The van der Waals surface area contributed by atoms with E-state index in [4.69, 9.17) is 4.74 Å². The summed E-state index contributed by atoms with van der Waals surface area (Å²) >= 11 is 1.33. The van der Waals surface area contributed by atoms with E-state index in [9.17, 15) is 18.0 Å². The maximum atomic E-state index is 12.6. The Bertz CT molecular complexity index is 1220. The number of anilines is 1. The molecule has 1 aromatic heterocycles. The second kappa shape index (κ2) is 9.54. The number of carbonyl (C=O) groups is 2. The molecule has 1 heterocycles. The Morgan fingerprint density at radius 1 is 1.13 bits per heavy atom. The first-order valence-corrected chi connectivity index (χ1v) is 11.9. The summed E-state index contributed by atoms with van der Waals surface area (Å²) in [5, 5.41) is 3.02. The normalized spacial score (nSPS) is 11.6. The van der Waals surface area contributed by atoms with E-state index in [1.54, 1.807) is 13.8 Å². The molecule has 0 saturated heterocycles. The van der Waals surface area contributed by atoms with Crippen LogP contribution in [0.4, 0.5) is 5.13 Å². The number of benzene rings is 2. The molecular weight excluding hydrogens is 438 g/mol. The van der Waals surface area contributed by atoms with Crippen molar-refractivity contribution in [2.45, 2.75) is 25.7 Å². The molecule has 0 unspecified atom stereocenters. The van der Waals surface area contributed by atoms with E-state index in [2.05, 4.69) is 10.3 Å². The third-order valence-corrected chi connectivity index (χ3v) is 7.52. The first kappa shape index (κ1) is 22.9. The molecule has 10 heteroatoms. The van der Waals surface area contributed by atoms with Gasteiger partial charge in [-0.1, -0.05) is 37.3 Å². The molecule has 0 aliphatic rings. The molecule has 0 fully saturated rings. The smallest absolute Gasteiger partial charge is 0.338 e. The molecule has 1 N–H and O–H groups in total.